The predicted octanol–water partition coefficient (Wildman–Crippen LogP) is 1.53. The number of hydrogen-bond donors (Lipinski definition) is 0. The molecule has 7 heteroatoms. The highest BCUT2D eigenvalue weighted by atomic mass is 32.2. The van der Waals surface area contributed by atoms with Crippen molar-refractivity contribution in [2.45, 2.75) is 29.7 Å². The second-order valence-electron chi connectivity index (χ2n) is 5.04. The first-order valence-electron chi connectivity index (χ1n) is 6.20. The van der Waals surface area contributed by atoms with Gasteiger partial charge in [0.1, 0.15) is 4.90 Å². The Kier molecular flexibility index (Phi) is 2.84. The number of carbonyl (C=O) groups excluding carboxylic acids is 1. The third kappa shape index (κ3) is 1.82. The number of rotatable bonds is 3. The number of isocyanates is 1. The van der Waals surface area contributed by atoms with Crippen LogP contribution in [0.5, 0.6) is 11.5 Å². The maximum absolute atomic E-state index is 12.1. The summed E-state index contributed by atoms with van der Waals surface area (Å²) in [5.41, 5.74) is -0.292. The lowest BCUT2D eigenvalue weighted by molar-refractivity contribution is 0.171. The van der Waals surface area contributed by atoms with E-state index in [-0.39, 0.29) is 17.4 Å². The van der Waals surface area contributed by atoms with E-state index in [1.807, 2.05) is 0 Å². The number of fused-ring (bicyclic) bond motifs is 1. The van der Waals surface area contributed by atoms with Gasteiger partial charge >= 0.3 is 0 Å². The van der Waals surface area contributed by atoms with Crippen LogP contribution in [0.3, 0.4) is 0 Å². The summed E-state index contributed by atoms with van der Waals surface area (Å²) in [6.45, 7) is -0.00868. The van der Waals surface area contributed by atoms with Gasteiger partial charge in [-0.25, -0.2) is 13.2 Å². The van der Waals surface area contributed by atoms with E-state index >= 15 is 0 Å². The molecule has 6 nitrogen and oxygen atoms in total. The molecule has 1 aliphatic carbocycles. The monoisotopic (exact) mass is 295 g/mol. The molecule has 0 bridgehead atoms. The largest absolute Gasteiger partial charge is 0.454 e. The van der Waals surface area contributed by atoms with Crippen LogP contribution in [0.1, 0.15) is 24.8 Å². The highest BCUT2D eigenvalue weighted by Gasteiger charge is 2.44. The lowest BCUT2D eigenvalue weighted by Crippen LogP contribution is -2.33. The van der Waals surface area contributed by atoms with Crippen LogP contribution in [-0.4, -0.2) is 27.5 Å². The molecule has 2 aliphatic rings. The Balaban J connectivity index is 2.29. The van der Waals surface area contributed by atoms with E-state index in [1.165, 1.54) is 0 Å². The average molecular weight is 295 g/mol. The van der Waals surface area contributed by atoms with Crippen molar-refractivity contribution in [3.63, 3.8) is 0 Å². The van der Waals surface area contributed by atoms with Gasteiger partial charge in [0, 0.05) is 11.8 Å². The van der Waals surface area contributed by atoms with E-state index in [0.29, 0.717) is 24.2 Å². The van der Waals surface area contributed by atoms with Gasteiger partial charge in [-0.05, 0) is 25.3 Å². The maximum atomic E-state index is 12.1. The number of aliphatic imine (C=N–C) groups is 1. The molecule has 0 spiro atoms. The zero-order valence-electron chi connectivity index (χ0n) is 10.9. The Morgan fingerprint density at radius 3 is 2.60 bits per heavy atom. The third-order valence-electron chi connectivity index (χ3n) is 3.81. The highest BCUT2D eigenvalue weighted by molar-refractivity contribution is 7.90. The quantitative estimate of drug-likeness (QED) is 0.624. The van der Waals surface area contributed by atoms with Crippen LogP contribution in [0.2, 0.25) is 0 Å². The molecule has 0 amide bonds. The second kappa shape index (κ2) is 4.33. The maximum Gasteiger partial charge on any atom is 0.235 e. The van der Waals surface area contributed by atoms with Crippen molar-refractivity contribution in [3.05, 3.63) is 17.7 Å². The first-order chi connectivity index (χ1) is 9.48. The van der Waals surface area contributed by atoms with Gasteiger partial charge in [-0.15, -0.1) is 0 Å². The number of sulfone groups is 1. The summed E-state index contributed by atoms with van der Waals surface area (Å²) < 4.78 is 34.8. The average Bonchev–Trinajstić information content (AvgIpc) is 2.79. The van der Waals surface area contributed by atoms with Crippen LogP contribution in [-0.2, 0) is 20.2 Å². The lowest BCUT2D eigenvalue weighted by Gasteiger charge is -2.38. The molecule has 1 saturated carbocycles. The molecule has 0 radical (unpaired) electrons. The molecular weight excluding hydrogens is 282 g/mol. The fraction of sp³-hybridized carbons (Fsp3) is 0.462. The highest BCUT2D eigenvalue weighted by Crippen LogP contribution is 2.51. The molecule has 1 aliphatic heterocycles. The molecular formula is C13H13NO5S. The smallest absolute Gasteiger partial charge is 0.235 e. The van der Waals surface area contributed by atoms with Crippen molar-refractivity contribution in [1.82, 2.24) is 0 Å². The minimum atomic E-state index is -3.53. The van der Waals surface area contributed by atoms with Crippen molar-refractivity contribution in [1.29, 1.82) is 0 Å². The zero-order valence-corrected chi connectivity index (χ0v) is 11.7. The molecule has 3 rings (SSSR count). The van der Waals surface area contributed by atoms with Gasteiger partial charge < -0.3 is 9.47 Å². The molecule has 0 saturated heterocycles. The Labute approximate surface area is 116 Å². The first kappa shape index (κ1) is 13.1. The Bertz CT molecular complexity index is 715. The van der Waals surface area contributed by atoms with Crippen LogP contribution in [0.25, 0.3) is 0 Å². The molecule has 106 valence electrons. The summed E-state index contributed by atoms with van der Waals surface area (Å²) >= 11 is 0. The molecule has 1 aromatic rings. The van der Waals surface area contributed by atoms with E-state index in [9.17, 15) is 13.2 Å². The summed E-state index contributed by atoms with van der Waals surface area (Å²) in [5.74, 6) is 0.621. The molecule has 0 atom stereocenters. The van der Waals surface area contributed by atoms with Gasteiger partial charge in [0.15, 0.2) is 21.3 Å². The second-order valence-corrected chi connectivity index (χ2v) is 6.99. The van der Waals surface area contributed by atoms with Crippen LogP contribution in [0.15, 0.2) is 22.0 Å². The first-order valence-corrected chi connectivity index (χ1v) is 8.09. The van der Waals surface area contributed by atoms with E-state index in [0.717, 1.165) is 12.7 Å². The molecule has 0 N–H and O–H groups in total. The summed E-state index contributed by atoms with van der Waals surface area (Å²) in [6, 6.07) is 3.32. The summed E-state index contributed by atoms with van der Waals surface area (Å²) in [6.07, 6.45) is 4.83. The molecule has 1 heterocycles. The van der Waals surface area contributed by atoms with Crippen molar-refractivity contribution >= 4 is 15.9 Å². The summed E-state index contributed by atoms with van der Waals surface area (Å²) in [5, 5.41) is 0. The van der Waals surface area contributed by atoms with Gasteiger partial charge in [0.2, 0.25) is 12.9 Å². The number of hydrogen-bond acceptors (Lipinski definition) is 6. The van der Waals surface area contributed by atoms with Gasteiger partial charge in [-0.1, -0.05) is 6.07 Å². The van der Waals surface area contributed by atoms with Crippen molar-refractivity contribution in [2.75, 3.05) is 13.0 Å². The third-order valence-corrected chi connectivity index (χ3v) is 4.95. The minimum Gasteiger partial charge on any atom is -0.454 e. The summed E-state index contributed by atoms with van der Waals surface area (Å²) in [7, 11) is -3.53. The Morgan fingerprint density at radius 1 is 1.30 bits per heavy atom. The molecule has 20 heavy (non-hydrogen) atoms. The van der Waals surface area contributed by atoms with Crippen LogP contribution < -0.4 is 9.47 Å². The predicted molar refractivity (Wildman–Crippen MR) is 69.3 cm³/mol. The van der Waals surface area contributed by atoms with Crippen molar-refractivity contribution < 1.29 is 22.7 Å². The van der Waals surface area contributed by atoms with Crippen molar-refractivity contribution in [2.24, 2.45) is 4.99 Å². The minimum absolute atomic E-state index is 0.00868. The van der Waals surface area contributed by atoms with Crippen LogP contribution >= 0.6 is 0 Å². The molecule has 0 unspecified atom stereocenters. The molecule has 1 fully saturated rings. The van der Waals surface area contributed by atoms with Gasteiger partial charge in [0.25, 0.3) is 0 Å². The van der Waals surface area contributed by atoms with Crippen LogP contribution in [0, 0.1) is 0 Å². The SMILES string of the molecule is CS(=O)(=O)c1c(C2(N=C=O)CCC2)ccc2c1OCO2. The number of benzene rings is 1. The van der Waals surface area contributed by atoms with Gasteiger partial charge in [-0.3, -0.25) is 0 Å². The van der Waals surface area contributed by atoms with E-state index in [1.54, 1.807) is 18.2 Å². The number of nitrogens with zero attached hydrogens (tertiary/aromatic N) is 1. The van der Waals surface area contributed by atoms with Crippen LogP contribution in [0.4, 0.5) is 0 Å². The topological polar surface area (TPSA) is 82.0 Å². The fourth-order valence-corrected chi connectivity index (χ4v) is 3.88. The van der Waals surface area contributed by atoms with E-state index < -0.39 is 15.4 Å². The van der Waals surface area contributed by atoms with Gasteiger partial charge in [0.05, 0.1) is 5.54 Å². The standard InChI is InChI=1S/C13H13NO5S/c1-20(16,17)12-9(13(14-7-15)5-2-6-13)3-4-10-11(12)19-8-18-10/h3-4H,2,5-6,8H2,1H3. The van der Waals surface area contributed by atoms with E-state index in [4.69, 9.17) is 9.47 Å². The van der Waals surface area contributed by atoms with Gasteiger partial charge in [-0.2, -0.15) is 4.99 Å². The van der Waals surface area contributed by atoms with Crippen molar-refractivity contribution in [3.8, 4) is 11.5 Å². The molecule has 0 aromatic heterocycles. The number of ether oxygens (including phenoxy) is 2. The Hall–Kier alpha value is -1.85. The Morgan fingerprint density at radius 2 is 2.05 bits per heavy atom. The fourth-order valence-electron chi connectivity index (χ4n) is 2.72. The zero-order chi connectivity index (χ0) is 14.4. The molecule has 1 aromatic carbocycles. The van der Waals surface area contributed by atoms with E-state index in [2.05, 4.69) is 4.99 Å². The normalized spacial score (nSPS) is 19.1. The summed E-state index contributed by atoms with van der Waals surface area (Å²) in [4.78, 5) is 14.6. The lowest BCUT2D eigenvalue weighted by atomic mass is 9.72.